The van der Waals surface area contributed by atoms with Crippen LogP contribution in [0.3, 0.4) is 0 Å². The van der Waals surface area contributed by atoms with Gasteiger partial charge in [-0.3, -0.25) is 9.69 Å². The van der Waals surface area contributed by atoms with Crippen molar-refractivity contribution < 1.29 is 9.90 Å². The Bertz CT molecular complexity index is 472. The van der Waals surface area contributed by atoms with Crippen LogP contribution in [-0.2, 0) is 4.79 Å². The SMILES string of the molecule is CCCCC(c1ccccc1C)N1CCCCC1C(=O)O. The van der Waals surface area contributed by atoms with Crippen molar-refractivity contribution in [3.63, 3.8) is 0 Å². The molecule has 0 amide bonds. The van der Waals surface area contributed by atoms with Gasteiger partial charge in [-0.05, 0) is 43.9 Å². The third-order valence-electron chi connectivity index (χ3n) is 4.61. The first-order valence-corrected chi connectivity index (χ1v) is 8.19. The van der Waals surface area contributed by atoms with Crippen molar-refractivity contribution in [3.8, 4) is 0 Å². The lowest BCUT2D eigenvalue weighted by molar-refractivity contribution is -0.146. The van der Waals surface area contributed by atoms with Gasteiger partial charge < -0.3 is 5.11 Å². The van der Waals surface area contributed by atoms with E-state index < -0.39 is 5.97 Å². The smallest absolute Gasteiger partial charge is 0.320 e. The number of piperidine rings is 1. The molecule has 3 heteroatoms. The predicted molar refractivity (Wildman–Crippen MR) is 85.4 cm³/mol. The Kier molecular flexibility index (Phi) is 5.80. The number of aryl methyl sites for hydroxylation is 1. The van der Waals surface area contributed by atoms with Crippen LogP contribution in [-0.4, -0.2) is 28.6 Å². The van der Waals surface area contributed by atoms with E-state index in [0.29, 0.717) is 0 Å². The average molecular weight is 289 g/mol. The Morgan fingerprint density at radius 2 is 2.14 bits per heavy atom. The van der Waals surface area contributed by atoms with Gasteiger partial charge in [0.1, 0.15) is 6.04 Å². The normalized spacial score (nSPS) is 21.1. The highest BCUT2D eigenvalue weighted by atomic mass is 16.4. The van der Waals surface area contributed by atoms with Crippen molar-refractivity contribution in [2.24, 2.45) is 0 Å². The number of nitrogens with zero attached hydrogens (tertiary/aromatic N) is 1. The van der Waals surface area contributed by atoms with Gasteiger partial charge in [-0.15, -0.1) is 0 Å². The van der Waals surface area contributed by atoms with Crippen LogP contribution in [0.1, 0.15) is 62.6 Å². The van der Waals surface area contributed by atoms with Crippen LogP contribution in [0.5, 0.6) is 0 Å². The molecule has 116 valence electrons. The largest absolute Gasteiger partial charge is 0.480 e. The fourth-order valence-electron chi connectivity index (χ4n) is 3.45. The lowest BCUT2D eigenvalue weighted by Gasteiger charge is -2.40. The van der Waals surface area contributed by atoms with Crippen molar-refractivity contribution in [2.75, 3.05) is 6.54 Å². The fourth-order valence-corrected chi connectivity index (χ4v) is 3.45. The van der Waals surface area contributed by atoms with E-state index >= 15 is 0 Å². The minimum atomic E-state index is -0.662. The Morgan fingerprint density at radius 1 is 1.38 bits per heavy atom. The molecular weight excluding hydrogens is 262 g/mol. The van der Waals surface area contributed by atoms with Crippen molar-refractivity contribution in [1.82, 2.24) is 4.90 Å². The Hall–Kier alpha value is -1.35. The number of benzene rings is 1. The Labute approximate surface area is 128 Å². The fraction of sp³-hybridized carbons (Fsp3) is 0.611. The number of carbonyl (C=O) groups is 1. The molecule has 1 heterocycles. The summed E-state index contributed by atoms with van der Waals surface area (Å²) in [5, 5.41) is 9.56. The molecule has 0 bridgehead atoms. The van der Waals surface area contributed by atoms with E-state index in [9.17, 15) is 9.90 Å². The van der Waals surface area contributed by atoms with Crippen LogP contribution >= 0.6 is 0 Å². The standard InChI is InChI=1S/C18H27NO2/c1-3-4-11-16(15-10-6-5-9-14(15)2)19-13-8-7-12-17(19)18(20)21/h5-6,9-10,16-17H,3-4,7-8,11-13H2,1-2H3,(H,20,21). The van der Waals surface area contributed by atoms with Gasteiger partial charge in [0, 0.05) is 6.04 Å². The Balaban J connectivity index is 2.30. The second-order valence-electron chi connectivity index (χ2n) is 6.10. The van der Waals surface area contributed by atoms with Crippen LogP contribution < -0.4 is 0 Å². The molecule has 3 nitrogen and oxygen atoms in total. The van der Waals surface area contributed by atoms with E-state index in [2.05, 4.69) is 43.0 Å². The van der Waals surface area contributed by atoms with Gasteiger partial charge in [0.25, 0.3) is 0 Å². The van der Waals surface area contributed by atoms with Crippen molar-refractivity contribution >= 4 is 5.97 Å². The summed E-state index contributed by atoms with van der Waals surface area (Å²) in [6.45, 7) is 5.23. The summed E-state index contributed by atoms with van der Waals surface area (Å²) < 4.78 is 0. The molecule has 1 aromatic carbocycles. The van der Waals surface area contributed by atoms with E-state index in [0.717, 1.165) is 45.1 Å². The van der Waals surface area contributed by atoms with Gasteiger partial charge in [-0.1, -0.05) is 50.5 Å². The molecule has 2 rings (SSSR count). The zero-order chi connectivity index (χ0) is 15.2. The van der Waals surface area contributed by atoms with Crippen LogP contribution in [0, 0.1) is 6.92 Å². The summed E-state index contributed by atoms with van der Waals surface area (Å²) in [6.07, 6.45) is 6.25. The summed E-state index contributed by atoms with van der Waals surface area (Å²) in [4.78, 5) is 13.9. The summed E-state index contributed by atoms with van der Waals surface area (Å²) in [6, 6.07) is 8.35. The second kappa shape index (κ2) is 7.60. The third kappa shape index (κ3) is 3.85. The van der Waals surface area contributed by atoms with E-state index in [1.165, 1.54) is 11.1 Å². The van der Waals surface area contributed by atoms with Gasteiger partial charge in [0.15, 0.2) is 0 Å². The molecule has 1 saturated heterocycles. The molecule has 2 unspecified atom stereocenters. The molecule has 2 atom stereocenters. The van der Waals surface area contributed by atoms with E-state index in [4.69, 9.17) is 0 Å². The van der Waals surface area contributed by atoms with E-state index in [1.54, 1.807) is 0 Å². The van der Waals surface area contributed by atoms with E-state index in [-0.39, 0.29) is 12.1 Å². The number of hydrogen-bond acceptors (Lipinski definition) is 2. The van der Waals surface area contributed by atoms with Gasteiger partial charge in [-0.2, -0.15) is 0 Å². The van der Waals surface area contributed by atoms with Gasteiger partial charge in [0.05, 0.1) is 0 Å². The number of carboxylic acids is 1. The van der Waals surface area contributed by atoms with Crippen molar-refractivity contribution in [2.45, 2.75) is 64.5 Å². The van der Waals surface area contributed by atoms with Crippen molar-refractivity contribution in [1.29, 1.82) is 0 Å². The number of likely N-dealkylation sites (tertiary alicyclic amines) is 1. The molecular formula is C18H27NO2. The zero-order valence-electron chi connectivity index (χ0n) is 13.2. The molecule has 1 fully saturated rings. The van der Waals surface area contributed by atoms with Crippen LogP contribution in [0.4, 0.5) is 0 Å². The molecule has 1 aliphatic heterocycles. The molecule has 0 aliphatic carbocycles. The predicted octanol–water partition coefficient (Wildman–Crippen LogP) is 4.17. The highest BCUT2D eigenvalue weighted by Crippen LogP contribution is 2.34. The van der Waals surface area contributed by atoms with E-state index in [1.807, 2.05) is 0 Å². The molecule has 1 aliphatic rings. The quantitative estimate of drug-likeness (QED) is 0.854. The molecule has 0 radical (unpaired) electrons. The summed E-state index contributed by atoms with van der Waals surface area (Å²) >= 11 is 0. The molecule has 1 aromatic rings. The average Bonchev–Trinajstić information content (AvgIpc) is 2.49. The first-order valence-electron chi connectivity index (χ1n) is 8.19. The maximum atomic E-state index is 11.6. The zero-order valence-corrected chi connectivity index (χ0v) is 13.2. The second-order valence-corrected chi connectivity index (χ2v) is 6.10. The lowest BCUT2D eigenvalue weighted by atomic mass is 9.91. The first-order chi connectivity index (χ1) is 10.1. The maximum Gasteiger partial charge on any atom is 0.320 e. The first kappa shape index (κ1) is 16.0. The van der Waals surface area contributed by atoms with Crippen molar-refractivity contribution in [3.05, 3.63) is 35.4 Å². The highest BCUT2D eigenvalue weighted by Gasteiger charge is 2.34. The summed E-state index contributed by atoms with van der Waals surface area (Å²) in [5.41, 5.74) is 2.58. The van der Waals surface area contributed by atoms with Crippen LogP contribution in [0.15, 0.2) is 24.3 Å². The minimum absolute atomic E-state index is 0.243. The molecule has 1 N–H and O–H groups in total. The van der Waals surface area contributed by atoms with Gasteiger partial charge in [0.2, 0.25) is 0 Å². The summed E-state index contributed by atoms with van der Waals surface area (Å²) in [5.74, 6) is -0.662. The maximum absolute atomic E-state index is 11.6. The van der Waals surface area contributed by atoms with Crippen LogP contribution in [0.2, 0.25) is 0 Å². The number of unbranched alkanes of at least 4 members (excludes halogenated alkanes) is 1. The van der Waals surface area contributed by atoms with Crippen LogP contribution in [0.25, 0.3) is 0 Å². The minimum Gasteiger partial charge on any atom is -0.480 e. The number of carboxylic acid groups (broad SMARTS) is 1. The third-order valence-corrected chi connectivity index (χ3v) is 4.61. The molecule has 0 aromatic heterocycles. The monoisotopic (exact) mass is 289 g/mol. The summed E-state index contributed by atoms with van der Waals surface area (Å²) in [7, 11) is 0. The molecule has 0 spiro atoms. The Morgan fingerprint density at radius 3 is 2.81 bits per heavy atom. The highest BCUT2D eigenvalue weighted by molar-refractivity contribution is 5.73. The van der Waals surface area contributed by atoms with Gasteiger partial charge >= 0.3 is 5.97 Å². The topological polar surface area (TPSA) is 40.5 Å². The van der Waals surface area contributed by atoms with Gasteiger partial charge in [-0.25, -0.2) is 0 Å². The number of rotatable bonds is 6. The molecule has 21 heavy (non-hydrogen) atoms. The lowest BCUT2D eigenvalue weighted by Crippen LogP contribution is -2.46. The molecule has 0 saturated carbocycles. The number of aliphatic carboxylic acids is 1. The number of hydrogen-bond donors (Lipinski definition) is 1.